The van der Waals surface area contributed by atoms with Gasteiger partial charge < -0.3 is 19.7 Å². The first-order valence-corrected chi connectivity index (χ1v) is 11.6. The van der Waals surface area contributed by atoms with E-state index in [4.69, 9.17) is 14.5 Å². The third-order valence-electron chi connectivity index (χ3n) is 6.26. The van der Waals surface area contributed by atoms with Crippen LogP contribution in [0.15, 0.2) is 42.9 Å². The number of aryl methyl sites for hydroxylation is 1. The van der Waals surface area contributed by atoms with Crippen molar-refractivity contribution in [2.45, 2.75) is 38.8 Å². The lowest BCUT2D eigenvalue weighted by molar-refractivity contribution is 0.0600. The van der Waals surface area contributed by atoms with Crippen molar-refractivity contribution < 1.29 is 14.3 Å². The summed E-state index contributed by atoms with van der Waals surface area (Å²) in [4.78, 5) is 23.3. The summed E-state index contributed by atoms with van der Waals surface area (Å²) in [5.41, 5.74) is 4.01. The number of aromatic nitrogens is 4. The number of carbonyl (C=O) groups is 1. The normalized spacial score (nSPS) is 15.8. The quantitative estimate of drug-likeness (QED) is 0.503. The molecule has 0 aliphatic carbocycles. The molecule has 1 atom stereocenters. The topological polar surface area (TPSA) is 94.4 Å². The zero-order valence-electron chi connectivity index (χ0n) is 20.2. The number of anilines is 2. The molecular formula is C25H32N6O3. The highest BCUT2D eigenvalue weighted by atomic mass is 16.5. The molecule has 0 spiro atoms. The molecule has 34 heavy (non-hydrogen) atoms. The maximum absolute atomic E-state index is 11.7. The van der Waals surface area contributed by atoms with Gasteiger partial charge in [-0.2, -0.15) is 5.10 Å². The zero-order chi connectivity index (χ0) is 24.1. The van der Waals surface area contributed by atoms with Gasteiger partial charge in [0, 0.05) is 44.7 Å². The molecule has 3 heterocycles. The highest BCUT2D eigenvalue weighted by molar-refractivity contribution is 5.89. The highest BCUT2D eigenvalue weighted by Crippen LogP contribution is 2.26. The summed E-state index contributed by atoms with van der Waals surface area (Å²) in [6.45, 7) is 7.12. The molecule has 1 aliphatic heterocycles. The zero-order valence-corrected chi connectivity index (χ0v) is 20.2. The second-order valence-electron chi connectivity index (χ2n) is 8.71. The van der Waals surface area contributed by atoms with Crippen molar-refractivity contribution in [2.24, 2.45) is 0 Å². The number of benzene rings is 1. The third-order valence-corrected chi connectivity index (χ3v) is 6.26. The monoisotopic (exact) mass is 464 g/mol. The average molecular weight is 465 g/mol. The predicted octanol–water partition coefficient (Wildman–Crippen LogP) is 3.85. The summed E-state index contributed by atoms with van der Waals surface area (Å²) < 4.78 is 12.2. The molecule has 1 aromatic carbocycles. The van der Waals surface area contributed by atoms with Gasteiger partial charge in [0.25, 0.3) is 0 Å². The average Bonchev–Trinajstić information content (AvgIpc) is 3.33. The molecular weight excluding hydrogens is 432 g/mol. The van der Waals surface area contributed by atoms with Crippen molar-refractivity contribution in [1.82, 2.24) is 24.6 Å². The first-order chi connectivity index (χ1) is 16.5. The number of carbonyl (C=O) groups excluding carboxylic acids is 1. The molecule has 1 saturated heterocycles. The van der Waals surface area contributed by atoms with E-state index in [2.05, 4.69) is 27.2 Å². The van der Waals surface area contributed by atoms with Crippen molar-refractivity contribution >= 4 is 17.6 Å². The number of methoxy groups -OCH3 is 2. The van der Waals surface area contributed by atoms with Crippen LogP contribution in [-0.2, 0) is 9.47 Å². The van der Waals surface area contributed by atoms with Crippen LogP contribution in [0.25, 0.3) is 11.3 Å². The van der Waals surface area contributed by atoms with Gasteiger partial charge in [0.05, 0.1) is 42.4 Å². The van der Waals surface area contributed by atoms with E-state index in [0.717, 1.165) is 55.0 Å². The van der Waals surface area contributed by atoms with Crippen LogP contribution in [0, 0.1) is 6.92 Å². The molecule has 0 radical (unpaired) electrons. The number of rotatable bonds is 8. The number of nitrogens with one attached hydrogen (secondary N) is 1. The molecule has 9 heteroatoms. The second-order valence-corrected chi connectivity index (χ2v) is 8.71. The van der Waals surface area contributed by atoms with Crippen molar-refractivity contribution in [3.05, 3.63) is 54.0 Å². The Morgan fingerprint density at radius 2 is 1.91 bits per heavy atom. The molecule has 2 aromatic heterocycles. The maximum atomic E-state index is 11.7. The summed E-state index contributed by atoms with van der Waals surface area (Å²) in [6.07, 6.45) is 8.00. The fraction of sp³-hybridized carbons (Fsp3) is 0.440. The van der Waals surface area contributed by atoms with Crippen molar-refractivity contribution in [1.29, 1.82) is 0 Å². The molecule has 9 nitrogen and oxygen atoms in total. The number of nitrogens with zero attached hydrogens (tertiary/aromatic N) is 5. The molecule has 4 rings (SSSR count). The van der Waals surface area contributed by atoms with E-state index in [1.807, 2.05) is 36.1 Å². The number of hydrogen-bond donors (Lipinski definition) is 1. The van der Waals surface area contributed by atoms with Gasteiger partial charge in [-0.05, 0) is 44.4 Å². The molecule has 1 fully saturated rings. The Kier molecular flexibility index (Phi) is 7.54. The lowest BCUT2D eigenvalue weighted by Gasteiger charge is -2.33. The van der Waals surface area contributed by atoms with E-state index in [1.165, 1.54) is 7.11 Å². The summed E-state index contributed by atoms with van der Waals surface area (Å²) in [5.74, 6) is 0.140. The Balaban J connectivity index is 1.41. The van der Waals surface area contributed by atoms with Crippen molar-refractivity contribution in [2.75, 3.05) is 39.2 Å². The van der Waals surface area contributed by atoms with Crippen LogP contribution in [0.1, 0.15) is 41.7 Å². The molecule has 1 aliphatic rings. The van der Waals surface area contributed by atoms with Gasteiger partial charge in [0.15, 0.2) is 0 Å². The molecule has 180 valence electrons. The number of piperidine rings is 1. The number of esters is 1. The van der Waals surface area contributed by atoms with E-state index in [0.29, 0.717) is 17.6 Å². The summed E-state index contributed by atoms with van der Waals surface area (Å²) >= 11 is 0. The number of hydrogen-bond acceptors (Lipinski definition) is 8. The van der Waals surface area contributed by atoms with E-state index < -0.39 is 0 Å². The van der Waals surface area contributed by atoms with Crippen LogP contribution in [0.3, 0.4) is 0 Å². The number of likely N-dealkylation sites (tertiary alicyclic amines) is 1. The van der Waals surface area contributed by atoms with E-state index in [9.17, 15) is 4.79 Å². The summed E-state index contributed by atoms with van der Waals surface area (Å²) in [5, 5.41) is 7.86. The highest BCUT2D eigenvalue weighted by Gasteiger charge is 2.22. The standard InChI is InChI=1S/C25H32N6O3/c1-17-13-26-25(29-23(17)19-5-7-20(8-6-19)24(32)34-4)28-21-14-27-31(16-21)22-9-11-30(12-10-22)15-18(2)33-3/h5-8,13-14,16,18,22H,9-12,15H2,1-4H3,(H,26,28,29). The van der Waals surface area contributed by atoms with Crippen LogP contribution >= 0.6 is 0 Å². The Hall–Kier alpha value is -3.30. The molecule has 0 amide bonds. The first-order valence-electron chi connectivity index (χ1n) is 11.6. The Morgan fingerprint density at radius 3 is 2.59 bits per heavy atom. The Morgan fingerprint density at radius 1 is 1.18 bits per heavy atom. The third kappa shape index (κ3) is 5.60. The van der Waals surface area contributed by atoms with Gasteiger partial charge in [0.2, 0.25) is 5.95 Å². The molecule has 3 aromatic rings. The van der Waals surface area contributed by atoms with Crippen LogP contribution in [0.5, 0.6) is 0 Å². The molecule has 1 unspecified atom stereocenters. The fourth-order valence-corrected chi connectivity index (χ4v) is 4.21. The number of ether oxygens (including phenoxy) is 2. The van der Waals surface area contributed by atoms with Crippen molar-refractivity contribution in [3.8, 4) is 11.3 Å². The van der Waals surface area contributed by atoms with Crippen molar-refractivity contribution in [3.63, 3.8) is 0 Å². The van der Waals surface area contributed by atoms with Gasteiger partial charge in [-0.3, -0.25) is 4.68 Å². The molecule has 0 bridgehead atoms. The lowest BCUT2D eigenvalue weighted by atomic mass is 10.1. The Bertz CT molecular complexity index is 1110. The molecule has 0 saturated carbocycles. The minimum absolute atomic E-state index is 0.252. The fourth-order valence-electron chi connectivity index (χ4n) is 4.21. The predicted molar refractivity (Wildman–Crippen MR) is 130 cm³/mol. The second kappa shape index (κ2) is 10.8. The van der Waals surface area contributed by atoms with Crippen LogP contribution in [-0.4, -0.2) is 70.6 Å². The van der Waals surface area contributed by atoms with E-state index >= 15 is 0 Å². The summed E-state index contributed by atoms with van der Waals surface area (Å²) in [7, 11) is 3.13. The first kappa shape index (κ1) is 23.8. The van der Waals surface area contributed by atoms with Crippen LogP contribution in [0.4, 0.5) is 11.6 Å². The SMILES string of the molecule is COC(=O)c1ccc(-c2nc(Nc3cnn(C4CCN(CC(C)OC)CC4)c3)ncc2C)cc1. The minimum Gasteiger partial charge on any atom is -0.465 e. The van der Waals surface area contributed by atoms with E-state index in [-0.39, 0.29) is 12.1 Å². The lowest BCUT2D eigenvalue weighted by Crippen LogP contribution is -2.39. The van der Waals surface area contributed by atoms with Crippen LogP contribution < -0.4 is 5.32 Å². The van der Waals surface area contributed by atoms with Gasteiger partial charge in [-0.1, -0.05) is 12.1 Å². The van der Waals surface area contributed by atoms with E-state index in [1.54, 1.807) is 25.4 Å². The smallest absolute Gasteiger partial charge is 0.337 e. The van der Waals surface area contributed by atoms with Gasteiger partial charge in [-0.15, -0.1) is 0 Å². The van der Waals surface area contributed by atoms with Gasteiger partial charge >= 0.3 is 5.97 Å². The van der Waals surface area contributed by atoms with Gasteiger partial charge in [0.1, 0.15) is 0 Å². The molecule has 1 N–H and O–H groups in total. The van der Waals surface area contributed by atoms with Crippen LogP contribution in [0.2, 0.25) is 0 Å². The summed E-state index contributed by atoms with van der Waals surface area (Å²) in [6, 6.07) is 7.58. The maximum Gasteiger partial charge on any atom is 0.337 e. The largest absolute Gasteiger partial charge is 0.465 e. The van der Waals surface area contributed by atoms with Gasteiger partial charge in [-0.25, -0.2) is 14.8 Å². The minimum atomic E-state index is -0.361. The Labute approximate surface area is 200 Å².